The van der Waals surface area contributed by atoms with Crippen molar-refractivity contribution in [3.8, 4) is 45.0 Å². The molecule has 0 spiro atoms. The first-order chi connectivity index (χ1) is 24.6. The maximum Gasteiger partial charge on any atom is 3.00 e. The van der Waals surface area contributed by atoms with Gasteiger partial charge in [0.2, 0.25) is 0 Å². The molecule has 6 aromatic rings. The molecule has 10 heteroatoms. The topological polar surface area (TPSA) is 61.4 Å². The van der Waals surface area contributed by atoms with E-state index in [0.29, 0.717) is 25.7 Å². The van der Waals surface area contributed by atoms with Crippen molar-refractivity contribution in [2.24, 2.45) is 0 Å². The second-order valence-electron chi connectivity index (χ2n) is 9.46. The minimum atomic E-state index is 0. The number of nitrogens with zero attached hydrogens (tertiary/aromatic N) is 6. The molecule has 0 unspecified atom stereocenters. The summed E-state index contributed by atoms with van der Waals surface area (Å²) < 4.78 is 3.66. The molecule has 0 bridgehead atoms. The van der Waals surface area contributed by atoms with Gasteiger partial charge in [-0.25, -0.2) is 0 Å². The Bertz CT molecular complexity index is 1740. The van der Waals surface area contributed by atoms with E-state index in [4.69, 9.17) is 15.7 Å². The molecule has 6 rings (SSSR count). The molecule has 6 nitrogen and oxygen atoms in total. The summed E-state index contributed by atoms with van der Waals surface area (Å²) in [4.78, 5) is 0. The van der Waals surface area contributed by atoms with Crippen LogP contribution in [0.25, 0.3) is 45.0 Å². The summed E-state index contributed by atoms with van der Waals surface area (Å²) in [6.45, 7) is 27.4. The molecule has 0 saturated heterocycles. The van der Waals surface area contributed by atoms with Crippen LogP contribution in [0.3, 0.4) is 0 Å². The molecule has 0 saturated carbocycles. The van der Waals surface area contributed by atoms with E-state index < -0.39 is 0 Å². The van der Waals surface area contributed by atoms with Gasteiger partial charge >= 0.3 is 65.4 Å². The Morgan fingerprint density at radius 1 is 0.538 bits per heavy atom. The maximum atomic E-state index is 5.68. The van der Waals surface area contributed by atoms with Gasteiger partial charge in [-0.2, -0.15) is 61.2 Å². The van der Waals surface area contributed by atoms with Gasteiger partial charge in [0.1, 0.15) is 0 Å². The minimum absolute atomic E-state index is 0. The molecule has 2 aromatic heterocycles. The molecular formula is C42H50B2N6Y2. The van der Waals surface area contributed by atoms with Crippen molar-refractivity contribution in [3.05, 3.63) is 148 Å². The van der Waals surface area contributed by atoms with Crippen molar-refractivity contribution in [3.63, 3.8) is 0 Å². The molecule has 0 atom stereocenters. The van der Waals surface area contributed by atoms with E-state index in [9.17, 15) is 0 Å². The first-order valence-electron chi connectivity index (χ1n) is 17.1. The number of rotatable bonds is 8. The van der Waals surface area contributed by atoms with Crippen LogP contribution in [0.5, 0.6) is 0 Å². The first kappa shape index (κ1) is 51.3. The zero-order chi connectivity index (χ0) is 37.3. The van der Waals surface area contributed by atoms with Crippen LogP contribution < -0.4 is 0 Å². The Morgan fingerprint density at radius 2 is 0.942 bits per heavy atom. The summed E-state index contributed by atoms with van der Waals surface area (Å²) in [6.07, 6.45) is 1.02. The van der Waals surface area contributed by atoms with Gasteiger partial charge in [0.15, 0.2) is 0 Å². The van der Waals surface area contributed by atoms with Crippen molar-refractivity contribution in [1.29, 1.82) is 0 Å². The van der Waals surface area contributed by atoms with Crippen LogP contribution in [0.15, 0.2) is 97.1 Å². The third-order valence-electron chi connectivity index (χ3n) is 6.63. The summed E-state index contributed by atoms with van der Waals surface area (Å²) in [5, 5.41) is 17.1. The molecule has 4 radical (unpaired) electrons. The fraction of sp³-hybridized carbons (Fsp3) is 0.238. The van der Waals surface area contributed by atoms with Crippen molar-refractivity contribution < 1.29 is 65.4 Å². The monoisotopic (exact) mass is 838 g/mol. The fourth-order valence-electron chi connectivity index (χ4n) is 4.66. The summed E-state index contributed by atoms with van der Waals surface area (Å²) >= 11 is 0. The van der Waals surface area contributed by atoms with Crippen LogP contribution in [0.2, 0.25) is 12.6 Å². The predicted molar refractivity (Wildman–Crippen MR) is 214 cm³/mol. The zero-order valence-electron chi connectivity index (χ0n) is 31.9. The number of hydrogen-bond acceptors (Lipinski definition) is 4. The minimum Gasteiger partial charge on any atom is -0.346 e. The summed E-state index contributed by atoms with van der Waals surface area (Å²) in [6, 6.07) is 37.9. The van der Waals surface area contributed by atoms with Crippen molar-refractivity contribution in [2.75, 3.05) is 0 Å². The van der Waals surface area contributed by atoms with E-state index in [1.165, 1.54) is 0 Å². The van der Waals surface area contributed by atoms with Gasteiger partial charge in [-0.15, -0.1) is 107 Å². The van der Waals surface area contributed by atoms with Gasteiger partial charge in [0.25, 0.3) is 0 Å². The average Bonchev–Trinajstić information content (AvgIpc) is 3.81. The zero-order valence-corrected chi connectivity index (χ0v) is 37.6. The van der Waals surface area contributed by atoms with E-state index in [-0.39, 0.29) is 65.4 Å². The largest absolute Gasteiger partial charge is 3.00 e. The molecule has 0 N–H and O–H groups in total. The van der Waals surface area contributed by atoms with Gasteiger partial charge in [0.05, 0.1) is 15.7 Å². The van der Waals surface area contributed by atoms with Gasteiger partial charge in [-0.05, 0) is 5.69 Å². The molecular weight excluding hydrogens is 788 g/mol. The van der Waals surface area contributed by atoms with Gasteiger partial charge in [-0.3, -0.25) is 9.36 Å². The van der Waals surface area contributed by atoms with Crippen LogP contribution in [-0.4, -0.2) is 45.7 Å². The van der Waals surface area contributed by atoms with E-state index in [0.717, 1.165) is 56.2 Å². The molecule has 4 aromatic carbocycles. The molecule has 0 aliphatic heterocycles. The van der Waals surface area contributed by atoms with Crippen LogP contribution in [0.1, 0.15) is 52.7 Å². The maximum absolute atomic E-state index is 5.68. The van der Waals surface area contributed by atoms with Crippen LogP contribution in [0, 0.1) is 39.8 Å². The predicted octanol–water partition coefficient (Wildman–Crippen LogP) is 10.1. The molecule has 260 valence electrons. The molecule has 0 amide bonds. The quantitative estimate of drug-likeness (QED) is 0.113. The van der Waals surface area contributed by atoms with Crippen molar-refractivity contribution >= 4 is 15.7 Å². The number of aryl methyl sites for hydroxylation is 2. The third-order valence-corrected chi connectivity index (χ3v) is 6.63. The SMILES string of the molecule is CC.CC.[B]CCn1nnc(-c2[c-]cccc2)c1-c1ccccc1[CH2-].[B]CCn1nnc(-c2ccccc2[CH2-])c1-c1[c-]cccc1.[CH2-]C.[CH2-]C.[Y+3].[Y+3]. The Balaban J connectivity index is 0. The van der Waals surface area contributed by atoms with Crippen LogP contribution in [-0.2, 0) is 78.5 Å². The van der Waals surface area contributed by atoms with Gasteiger partial charge in [-0.1, -0.05) is 62.9 Å². The Morgan fingerprint density at radius 3 is 1.38 bits per heavy atom. The molecule has 0 aliphatic carbocycles. The van der Waals surface area contributed by atoms with Crippen LogP contribution in [0.4, 0.5) is 0 Å². The average molecular weight is 838 g/mol. The number of aromatic nitrogens is 6. The van der Waals surface area contributed by atoms with Gasteiger partial charge < -0.3 is 13.8 Å². The molecule has 52 heavy (non-hydrogen) atoms. The van der Waals surface area contributed by atoms with Crippen LogP contribution >= 0.6 is 0 Å². The number of hydrogen-bond donors (Lipinski definition) is 0. The van der Waals surface area contributed by atoms with E-state index in [1.54, 1.807) is 13.8 Å². The normalized spacial score (nSPS) is 9.08. The molecule has 0 fully saturated rings. The Kier molecular flexibility index (Phi) is 30.3. The molecule has 0 aliphatic rings. The second-order valence-corrected chi connectivity index (χ2v) is 9.46. The summed E-state index contributed by atoms with van der Waals surface area (Å²) in [5.74, 6) is 0. The van der Waals surface area contributed by atoms with Crippen molar-refractivity contribution in [2.45, 2.75) is 67.3 Å². The summed E-state index contributed by atoms with van der Waals surface area (Å²) in [7, 11) is 11.4. The smallest absolute Gasteiger partial charge is 0.346 e. The van der Waals surface area contributed by atoms with E-state index in [2.05, 4.69) is 60.5 Å². The third kappa shape index (κ3) is 14.6. The Hall–Kier alpha value is -2.76. The number of benzene rings is 4. The Labute approximate surface area is 368 Å². The first-order valence-corrected chi connectivity index (χ1v) is 17.1. The van der Waals surface area contributed by atoms with Gasteiger partial charge in [0, 0.05) is 30.2 Å². The molecule has 2 heterocycles. The summed E-state index contributed by atoms with van der Waals surface area (Å²) in [5.41, 5.74) is 9.22. The fourth-order valence-corrected chi connectivity index (χ4v) is 4.66. The second kappa shape index (κ2) is 30.7. The van der Waals surface area contributed by atoms with E-state index >= 15 is 0 Å². The van der Waals surface area contributed by atoms with Crippen molar-refractivity contribution in [1.82, 2.24) is 30.0 Å². The van der Waals surface area contributed by atoms with E-state index in [1.807, 2.05) is 134 Å². The standard InChI is InChI=1S/2C17H14BN3.2C2H6.2C2H5.2Y/c1-13-7-5-6-10-15(13)16-17(14-8-3-2-4-9-14)21(12-11-18)20-19-16;1-13-7-5-6-10-15(13)17-16(14-8-3-2-4-9-14)19-20-21(17)12-11-18;4*1-2;;/h2*2-8,10H,1,11-12H2;2*1-2H3;2*1H2,2H3;;/q2*-2;;;2*-1;2*+3.